The third kappa shape index (κ3) is 21.9. The molecule has 5 heteroatoms. The Hall–Kier alpha value is -0.150. The van der Waals surface area contributed by atoms with Crippen molar-refractivity contribution < 1.29 is 18.5 Å². The molecule has 1 N–H and O–H groups in total. The Bertz CT molecular complexity index is 544. The van der Waals surface area contributed by atoms with Crippen LogP contribution in [0.1, 0.15) is 155 Å². The summed E-state index contributed by atoms with van der Waals surface area (Å²) in [6.45, 7) is 4.74. The molecule has 0 spiro atoms. The minimum atomic E-state index is -3.57. The lowest BCUT2D eigenvalue weighted by Crippen LogP contribution is -2.45. The highest BCUT2D eigenvalue weighted by molar-refractivity contribution is 7.53. The molecule has 0 bridgehead atoms. The molecule has 0 saturated carbocycles. The van der Waals surface area contributed by atoms with Crippen LogP contribution in [-0.2, 0) is 9.09 Å². The van der Waals surface area contributed by atoms with Crippen molar-refractivity contribution in [3.8, 4) is 0 Å². The third-order valence-electron chi connectivity index (χ3n) is 7.25. The summed E-state index contributed by atoms with van der Waals surface area (Å²) >= 11 is 0. The quantitative estimate of drug-likeness (QED) is 0.0497. The number of allylic oxidation sites excluding steroid dienone is 2. The van der Waals surface area contributed by atoms with Crippen LogP contribution in [0.25, 0.3) is 0 Å². The van der Waals surface area contributed by atoms with Gasteiger partial charge in [0.25, 0.3) is 0 Å². The number of hydrogen-bond donors (Lipinski definition) is 1. The van der Waals surface area contributed by atoms with Gasteiger partial charge in [-0.25, -0.2) is 0 Å². The van der Waals surface area contributed by atoms with Crippen molar-refractivity contribution in [2.75, 3.05) is 27.7 Å². The maximum absolute atomic E-state index is 12.7. The van der Waals surface area contributed by atoms with Gasteiger partial charge in [-0.3, -0.25) is 4.57 Å². The van der Waals surface area contributed by atoms with Gasteiger partial charge in [0.05, 0.1) is 27.7 Å². The van der Waals surface area contributed by atoms with E-state index in [-0.39, 0.29) is 5.78 Å². The van der Waals surface area contributed by atoms with Crippen molar-refractivity contribution in [2.24, 2.45) is 0 Å². The van der Waals surface area contributed by atoms with Crippen molar-refractivity contribution in [2.45, 2.75) is 161 Å². The molecule has 0 aliphatic heterocycles. The van der Waals surface area contributed by atoms with Crippen molar-refractivity contribution in [3.63, 3.8) is 0 Å². The van der Waals surface area contributed by atoms with E-state index in [0.717, 1.165) is 19.3 Å². The molecule has 0 saturated heterocycles. The Kier molecular flexibility index (Phi) is 23.8. The van der Waals surface area contributed by atoms with E-state index < -0.39 is 7.60 Å². The number of unbranched alkanes of at least 4 members (excludes halogenated alkanes) is 18. The van der Waals surface area contributed by atoms with Gasteiger partial charge in [-0.15, -0.1) is 0 Å². The second kappa shape index (κ2) is 23.9. The third-order valence-corrected chi connectivity index (χ3v) is 9.51. The maximum atomic E-state index is 12.7. The van der Waals surface area contributed by atoms with Crippen molar-refractivity contribution in [1.82, 2.24) is 0 Å². The molecule has 2 unspecified atom stereocenters. The zero-order chi connectivity index (χ0) is 27.0. The minimum absolute atomic E-state index is 0.336. The fourth-order valence-electron chi connectivity index (χ4n) is 4.94. The predicted molar refractivity (Wildman–Crippen MR) is 160 cm³/mol. The van der Waals surface area contributed by atoms with Gasteiger partial charge < -0.3 is 13.9 Å². The van der Waals surface area contributed by atoms with Crippen LogP contribution in [-0.4, -0.2) is 42.9 Å². The Morgan fingerprint density at radius 1 is 0.639 bits per heavy atom. The Morgan fingerprint density at radius 2 is 1.03 bits per heavy atom. The van der Waals surface area contributed by atoms with Gasteiger partial charge in [0.1, 0.15) is 0 Å². The number of hydrogen-bond acceptors (Lipinski definition) is 2. The highest BCUT2D eigenvalue weighted by atomic mass is 31.2. The Balaban J connectivity index is 3.46. The van der Waals surface area contributed by atoms with E-state index in [1.807, 2.05) is 21.1 Å². The average Bonchev–Trinajstić information content (AvgIpc) is 2.82. The van der Waals surface area contributed by atoms with Gasteiger partial charge in [-0.2, -0.15) is 0 Å². The summed E-state index contributed by atoms with van der Waals surface area (Å²) in [7, 11) is 2.35. The normalized spacial score (nSPS) is 14.9. The largest absolute Gasteiger partial charge is 0.385 e. The summed E-state index contributed by atoms with van der Waals surface area (Å²) < 4.78 is 18.7. The molecule has 0 aromatic carbocycles. The first-order valence-corrected chi connectivity index (χ1v) is 17.3. The second-order valence-electron chi connectivity index (χ2n) is 11.8. The molecule has 0 aliphatic carbocycles. The van der Waals surface area contributed by atoms with E-state index in [9.17, 15) is 9.46 Å². The average molecular weight is 531 g/mol. The lowest BCUT2D eigenvalue weighted by molar-refractivity contribution is -0.883. The highest BCUT2D eigenvalue weighted by Gasteiger charge is 2.41. The van der Waals surface area contributed by atoms with Gasteiger partial charge in [0, 0.05) is 6.42 Å². The van der Waals surface area contributed by atoms with Crippen LogP contribution in [0.4, 0.5) is 0 Å². The smallest absolute Gasteiger partial charge is 0.320 e. The van der Waals surface area contributed by atoms with Crippen molar-refractivity contribution in [3.05, 3.63) is 12.2 Å². The van der Waals surface area contributed by atoms with E-state index >= 15 is 0 Å². The molecule has 0 aromatic heterocycles. The summed E-state index contributed by atoms with van der Waals surface area (Å²) in [6, 6.07) is 0. The van der Waals surface area contributed by atoms with Crippen LogP contribution in [0.15, 0.2) is 12.2 Å². The first-order chi connectivity index (χ1) is 17.3. The van der Waals surface area contributed by atoms with Crippen LogP contribution in [0.2, 0.25) is 0 Å². The molecule has 0 heterocycles. The summed E-state index contributed by atoms with van der Waals surface area (Å²) in [6.07, 6.45) is 32.8. The SMILES string of the molecule is CCCCCCCCCCCCC=CCCCCCCCCCCOP(=O)(O)C(CCC)[N+](C)(C)C. The predicted octanol–water partition coefficient (Wildman–Crippen LogP) is 10.4. The lowest BCUT2D eigenvalue weighted by Gasteiger charge is -2.35. The monoisotopic (exact) mass is 530 g/mol. The fourth-order valence-corrected chi connectivity index (χ4v) is 6.96. The lowest BCUT2D eigenvalue weighted by atomic mass is 10.1. The van der Waals surface area contributed by atoms with E-state index in [0.29, 0.717) is 17.5 Å². The van der Waals surface area contributed by atoms with Crippen LogP contribution in [0.5, 0.6) is 0 Å². The van der Waals surface area contributed by atoms with Gasteiger partial charge in [-0.05, 0) is 38.5 Å². The first kappa shape index (κ1) is 35.9. The Labute approximate surface area is 226 Å². The summed E-state index contributed by atoms with van der Waals surface area (Å²) in [5.74, 6) is -0.336. The van der Waals surface area contributed by atoms with Crippen LogP contribution in [0, 0.1) is 0 Å². The van der Waals surface area contributed by atoms with Crippen LogP contribution in [0.3, 0.4) is 0 Å². The van der Waals surface area contributed by atoms with Gasteiger partial charge in [0.15, 0.2) is 5.78 Å². The van der Waals surface area contributed by atoms with Crippen LogP contribution < -0.4 is 0 Å². The van der Waals surface area contributed by atoms with Gasteiger partial charge in [0.2, 0.25) is 0 Å². The summed E-state index contributed by atoms with van der Waals surface area (Å²) in [5.41, 5.74) is 0. The number of nitrogens with zero attached hydrogens (tertiary/aromatic N) is 1. The first-order valence-electron chi connectivity index (χ1n) is 15.7. The number of quaternary nitrogens is 1. The molecule has 216 valence electrons. The molecular weight excluding hydrogens is 465 g/mol. The van der Waals surface area contributed by atoms with E-state index in [1.54, 1.807) is 0 Å². The molecule has 0 aliphatic rings. The molecule has 0 fully saturated rings. The molecule has 0 radical (unpaired) electrons. The van der Waals surface area contributed by atoms with E-state index in [4.69, 9.17) is 4.52 Å². The van der Waals surface area contributed by atoms with Gasteiger partial charge >= 0.3 is 7.60 Å². The van der Waals surface area contributed by atoms with Crippen molar-refractivity contribution in [1.29, 1.82) is 0 Å². The Morgan fingerprint density at radius 3 is 1.42 bits per heavy atom. The molecule has 0 aromatic rings. The van der Waals surface area contributed by atoms with E-state index in [1.165, 1.54) is 116 Å². The molecule has 0 rings (SSSR count). The summed E-state index contributed by atoms with van der Waals surface area (Å²) in [4.78, 5) is 10.4. The molecule has 2 atom stereocenters. The fraction of sp³-hybridized carbons (Fsp3) is 0.935. The second-order valence-corrected chi connectivity index (χ2v) is 13.8. The van der Waals surface area contributed by atoms with E-state index in [2.05, 4.69) is 26.0 Å². The molecule has 36 heavy (non-hydrogen) atoms. The zero-order valence-electron chi connectivity index (χ0n) is 25.2. The van der Waals surface area contributed by atoms with Crippen LogP contribution >= 0.6 is 7.60 Å². The molecule has 0 amide bonds. The maximum Gasteiger partial charge on any atom is 0.385 e. The topological polar surface area (TPSA) is 46.5 Å². The molecular formula is C31H65NO3P+. The van der Waals surface area contributed by atoms with Crippen molar-refractivity contribution >= 4 is 7.60 Å². The minimum Gasteiger partial charge on any atom is -0.320 e. The number of rotatable bonds is 27. The standard InChI is InChI=1S/C31H64NO3P/c1-6-8-9-10-11-12-13-14-15-16-17-18-19-20-21-22-23-24-25-26-27-28-30-35-36(33,34)31(29-7-2)32(3,4)5/h18-19,31H,6-17,20-30H2,1-5H3/p+1. The highest BCUT2D eigenvalue weighted by Crippen LogP contribution is 2.51. The van der Waals surface area contributed by atoms with Gasteiger partial charge in [-0.1, -0.05) is 122 Å². The summed E-state index contributed by atoms with van der Waals surface area (Å²) in [5, 5.41) is 0. The molecule has 4 nitrogen and oxygen atoms in total. The zero-order valence-corrected chi connectivity index (χ0v) is 26.0.